The van der Waals surface area contributed by atoms with Gasteiger partial charge in [0, 0.05) is 13.6 Å². The van der Waals surface area contributed by atoms with E-state index in [9.17, 15) is 9.59 Å². The van der Waals surface area contributed by atoms with Crippen LogP contribution >= 0.6 is 11.8 Å². The Morgan fingerprint density at radius 1 is 1.75 bits per heavy atom. The van der Waals surface area contributed by atoms with E-state index in [2.05, 4.69) is 5.32 Å². The Labute approximate surface area is 100 Å². The lowest BCUT2D eigenvalue weighted by Crippen LogP contribution is -2.48. The zero-order chi connectivity index (χ0) is 12.1. The van der Waals surface area contributed by atoms with Crippen molar-refractivity contribution < 1.29 is 9.59 Å². The molecular formula is C10H19N3O2S. The topological polar surface area (TPSA) is 75.4 Å². The van der Waals surface area contributed by atoms with Crippen LogP contribution in [0.25, 0.3) is 0 Å². The molecule has 0 aromatic rings. The summed E-state index contributed by atoms with van der Waals surface area (Å²) in [4.78, 5) is 24.8. The number of rotatable bonds is 5. The van der Waals surface area contributed by atoms with Gasteiger partial charge in [-0.2, -0.15) is 11.8 Å². The highest BCUT2D eigenvalue weighted by Crippen LogP contribution is 2.09. The van der Waals surface area contributed by atoms with Gasteiger partial charge in [-0.1, -0.05) is 0 Å². The summed E-state index contributed by atoms with van der Waals surface area (Å²) in [6.45, 7) is 0.698. The minimum Gasteiger partial charge on any atom is -0.344 e. The summed E-state index contributed by atoms with van der Waals surface area (Å²) in [6.07, 6.45) is 3.29. The predicted molar refractivity (Wildman–Crippen MR) is 65.2 cm³/mol. The first-order chi connectivity index (χ1) is 7.56. The number of thioether (sulfide) groups is 1. The van der Waals surface area contributed by atoms with Gasteiger partial charge in [0.1, 0.15) is 6.04 Å². The van der Waals surface area contributed by atoms with E-state index in [0.29, 0.717) is 19.4 Å². The Hall–Kier alpha value is -0.750. The molecule has 2 amide bonds. The summed E-state index contributed by atoms with van der Waals surface area (Å²) in [5.74, 6) is 0.612. The van der Waals surface area contributed by atoms with E-state index in [1.54, 1.807) is 23.7 Å². The highest BCUT2D eigenvalue weighted by molar-refractivity contribution is 7.98. The molecule has 6 heteroatoms. The summed E-state index contributed by atoms with van der Waals surface area (Å²) in [5, 5.41) is 2.70. The maximum absolute atomic E-state index is 11.6. The van der Waals surface area contributed by atoms with Crippen LogP contribution in [0.1, 0.15) is 12.8 Å². The number of nitrogens with two attached hydrogens (primary N) is 1. The van der Waals surface area contributed by atoms with Crippen LogP contribution in [-0.4, -0.2) is 54.4 Å². The number of carbonyl (C=O) groups is 2. The molecule has 0 bridgehead atoms. The fourth-order valence-corrected chi connectivity index (χ4v) is 2.10. The average Bonchev–Trinajstić information content (AvgIpc) is 2.57. The van der Waals surface area contributed by atoms with Crippen molar-refractivity contribution in [1.29, 1.82) is 0 Å². The molecule has 1 unspecified atom stereocenters. The van der Waals surface area contributed by atoms with Gasteiger partial charge in [0.15, 0.2) is 0 Å². The van der Waals surface area contributed by atoms with Crippen LogP contribution in [0.15, 0.2) is 0 Å². The molecule has 1 aliphatic rings. The van der Waals surface area contributed by atoms with E-state index in [1.807, 2.05) is 6.26 Å². The van der Waals surface area contributed by atoms with Crippen molar-refractivity contribution in [2.75, 3.05) is 25.6 Å². The number of likely N-dealkylation sites (N-methyl/N-ethyl adjacent to an activating group) is 1. The summed E-state index contributed by atoms with van der Waals surface area (Å²) in [5.41, 5.74) is 5.71. The van der Waals surface area contributed by atoms with Gasteiger partial charge in [0.25, 0.3) is 0 Å². The first kappa shape index (κ1) is 13.3. The second kappa shape index (κ2) is 6.10. The Morgan fingerprint density at radius 2 is 2.44 bits per heavy atom. The number of likely N-dealkylation sites (tertiary alicyclic amines) is 1. The molecule has 1 rings (SSSR count). The third-order valence-corrected chi connectivity index (χ3v) is 3.36. The minimum absolute atomic E-state index is 0.0228. The first-order valence-electron chi connectivity index (χ1n) is 5.36. The summed E-state index contributed by atoms with van der Waals surface area (Å²) in [6, 6.07) is -0.885. The predicted octanol–water partition coefficient (Wildman–Crippen LogP) is -0.586. The third-order valence-electron chi connectivity index (χ3n) is 2.71. The normalized spacial score (nSPS) is 22.3. The molecule has 2 atom stereocenters. The number of hydrogen-bond acceptors (Lipinski definition) is 4. The Bertz CT molecular complexity index is 273. The minimum atomic E-state index is -0.508. The number of nitrogens with one attached hydrogen (secondary N) is 1. The van der Waals surface area contributed by atoms with Crippen LogP contribution < -0.4 is 11.1 Å². The smallest absolute Gasteiger partial charge is 0.244 e. The van der Waals surface area contributed by atoms with Gasteiger partial charge in [-0.15, -0.1) is 0 Å². The standard InChI is InChI=1S/C10H19N3O2S/c1-13-5-3-8(10(13)15)12-9(14)7(11)4-6-16-2/h7-8H,3-6,11H2,1-2H3,(H,12,14)/t7-,8?/m0/s1. The highest BCUT2D eigenvalue weighted by Gasteiger charge is 2.31. The molecule has 0 saturated carbocycles. The molecule has 3 N–H and O–H groups in total. The summed E-state index contributed by atoms with van der Waals surface area (Å²) in [7, 11) is 1.74. The lowest BCUT2D eigenvalue weighted by atomic mass is 10.2. The van der Waals surface area contributed by atoms with Gasteiger partial charge in [0.2, 0.25) is 11.8 Å². The third kappa shape index (κ3) is 3.38. The van der Waals surface area contributed by atoms with Crippen molar-refractivity contribution in [3.63, 3.8) is 0 Å². The zero-order valence-corrected chi connectivity index (χ0v) is 10.5. The SMILES string of the molecule is CSCC[C@H](N)C(=O)NC1CCN(C)C1=O. The fourth-order valence-electron chi connectivity index (χ4n) is 1.61. The molecule has 1 heterocycles. The van der Waals surface area contributed by atoms with Crippen LogP contribution in [0.5, 0.6) is 0 Å². The molecule has 0 aliphatic carbocycles. The van der Waals surface area contributed by atoms with E-state index >= 15 is 0 Å². The molecule has 0 spiro atoms. The number of amides is 2. The van der Waals surface area contributed by atoms with Crippen molar-refractivity contribution in [2.45, 2.75) is 24.9 Å². The molecule has 1 aliphatic heterocycles. The van der Waals surface area contributed by atoms with Gasteiger partial charge >= 0.3 is 0 Å². The average molecular weight is 245 g/mol. The van der Waals surface area contributed by atoms with Crippen LogP contribution in [0.3, 0.4) is 0 Å². The Morgan fingerprint density at radius 3 is 2.94 bits per heavy atom. The fraction of sp³-hybridized carbons (Fsp3) is 0.800. The molecule has 1 saturated heterocycles. The maximum Gasteiger partial charge on any atom is 0.244 e. The highest BCUT2D eigenvalue weighted by atomic mass is 32.2. The number of carbonyl (C=O) groups excluding carboxylic acids is 2. The summed E-state index contributed by atoms with van der Waals surface area (Å²) < 4.78 is 0. The van der Waals surface area contributed by atoms with E-state index in [-0.39, 0.29) is 17.9 Å². The van der Waals surface area contributed by atoms with Crippen molar-refractivity contribution in [3.05, 3.63) is 0 Å². The van der Waals surface area contributed by atoms with Crippen molar-refractivity contribution in [1.82, 2.24) is 10.2 Å². The molecular weight excluding hydrogens is 226 g/mol. The second-order valence-corrected chi connectivity index (χ2v) is 4.98. The first-order valence-corrected chi connectivity index (χ1v) is 6.75. The van der Waals surface area contributed by atoms with Gasteiger partial charge in [-0.3, -0.25) is 9.59 Å². The van der Waals surface area contributed by atoms with Gasteiger partial charge < -0.3 is 16.0 Å². The molecule has 0 aromatic heterocycles. The van der Waals surface area contributed by atoms with E-state index in [0.717, 1.165) is 5.75 Å². The lowest BCUT2D eigenvalue weighted by molar-refractivity contribution is -0.132. The van der Waals surface area contributed by atoms with Crippen molar-refractivity contribution in [2.24, 2.45) is 5.73 Å². The van der Waals surface area contributed by atoms with Crippen LogP contribution in [0, 0.1) is 0 Å². The molecule has 1 fully saturated rings. The van der Waals surface area contributed by atoms with E-state index in [1.165, 1.54) is 0 Å². The molecule has 92 valence electrons. The molecule has 0 aromatic carbocycles. The summed E-state index contributed by atoms with van der Waals surface area (Å²) >= 11 is 1.66. The lowest BCUT2D eigenvalue weighted by Gasteiger charge is -2.15. The van der Waals surface area contributed by atoms with Crippen molar-refractivity contribution in [3.8, 4) is 0 Å². The quantitative estimate of drug-likeness (QED) is 0.679. The maximum atomic E-state index is 11.6. The van der Waals surface area contributed by atoms with Crippen LogP contribution in [-0.2, 0) is 9.59 Å². The van der Waals surface area contributed by atoms with E-state index < -0.39 is 6.04 Å². The Kier molecular flexibility index (Phi) is 5.08. The largest absolute Gasteiger partial charge is 0.344 e. The zero-order valence-electron chi connectivity index (χ0n) is 9.73. The van der Waals surface area contributed by atoms with E-state index in [4.69, 9.17) is 5.73 Å². The Balaban J connectivity index is 2.36. The molecule has 5 nitrogen and oxygen atoms in total. The van der Waals surface area contributed by atoms with Crippen LogP contribution in [0.2, 0.25) is 0 Å². The monoisotopic (exact) mass is 245 g/mol. The van der Waals surface area contributed by atoms with Crippen molar-refractivity contribution >= 4 is 23.6 Å². The number of hydrogen-bond donors (Lipinski definition) is 2. The molecule has 16 heavy (non-hydrogen) atoms. The number of nitrogens with zero attached hydrogens (tertiary/aromatic N) is 1. The molecule has 0 radical (unpaired) electrons. The van der Waals surface area contributed by atoms with Crippen LogP contribution in [0.4, 0.5) is 0 Å². The second-order valence-electron chi connectivity index (χ2n) is 4.00. The van der Waals surface area contributed by atoms with Gasteiger partial charge in [-0.25, -0.2) is 0 Å². The van der Waals surface area contributed by atoms with Gasteiger partial charge in [0.05, 0.1) is 6.04 Å². The van der Waals surface area contributed by atoms with Gasteiger partial charge in [-0.05, 0) is 24.9 Å².